The van der Waals surface area contributed by atoms with E-state index in [9.17, 15) is 9.59 Å². The van der Waals surface area contributed by atoms with Crippen LogP contribution in [-0.4, -0.2) is 25.0 Å². The highest BCUT2D eigenvalue weighted by molar-refractivity contribution is 9.10. The number of carbonyl (C=O) groups excluding carboxylic acids is 2. The molecule has 19 heavy (non-hydrogen) atoms. The molecule has 1 saturated carbocycles. The summed E-state index contributed by atoms with van der Waals surface area (Å²) in [5, 5.41) is 5.65. The lowest BCUT2D eigenvalue weighted by molar-refractivity contribution is -0.117. The van der Waals surface area contributed by atoms with Crippen molar-refractivity contribution in [3.8, 4) is 0 Å². The van der Waals surface area contributed by atoms with E-state index in [-0.39, 0.29) is 17.9 Å². The third-order valence-electron chi connectivity index (χ3n) is 3.31. The van der Waals surface area contributed by atoms with Crippen molar-refractivity contribution in [1.82, 2.24) is 5.32 Å². The molecule has 100 valence electrons. The molecule has 2 N–H and O–H groups in total. The highest BCUT2D eigenvalue weighted by Gasteiger charge is 2.29. The zero-order valence-corrected chi connectivity index (χ0v) is 11.9. The maximum atomic E-state index is 11.7. The zero-order chi connectivity index (χ0) is 13.4. The molecule has 0 bridgehead atoms. The first-order chi connectivity index (χ1) is 9.15. The van der Waals surface area contributed by atoms with Crippen molar-refractivity contribution >= 4 is 39.2 Å². The summed E-state index contributed by atoms with van der Waals surface area (Å²) in [6.45, 7) is 1.32. The zero-order valence-electron chi connectivity index (χ0n) is 10.3. The van der Waals surface area contributed by atoms with Crippen LogP contribution in [0.2, 0.25) is 0 Å². The van der Waals surface area contributed by atoms with Crippen molar-refractivity contribution in [2.75, 3.05) is 23.3 Å². The van der Waals surface area contributed by atoms with E-state index in [0.717, 1.165) is 28.7 Å². The first-order valence-corrected chi connectivity index (χ1v) is 7.10. The van der Waals surface area contributed by atoms with Crippen LogP contribution in [0, 0.1) is 5.92 Å². The molecule has 0 spiro atoms. The summed E-state index contributed by atoms with van der Waals surface area (Å²) in [4.78, 5) is 25.0. The number of halogens is 1. The van der Waals surface area contributed by atoms with E-state index < -0.39 is 0 Å². The topological polar surface area (TPSA) is 61.4 Å². The van der Waals surface area contributed by atoms with Gasteiger partial charge in [-0.1, -0.05) is 0 Å². The third kappa shape index (κ3) is 2.58. The number of nitrogens with zero attached hydrogens (tertiary/aromatic N) is 1. The average Bonchev–Trinajstić information content (AvgIpc) is 3.14. The molecule has 1 heterocycles. The second-order valence-electron chi connectivity index (χ2n) is 4.81. The van der Waals surface area contributed by atoms with Gasteiger partial charge >= 0.3 is 6.03 Å². The van der Waals surface area contributed by atoms with Crippen LogP contribution in [0.15, 0.2) is 22.7 Å². The van der Waals surface area contributed by atoms with Gasteiger partial charge in [0.05, 0.1) is 5.69 Å². The van der Waals surface area contributed by atoms with Gasteiger partial charge in [-0.25, -0.2) is 4.79 Å². The molecule has 1 aliphatic heterocycles. The molecule has 0 unspecified atom stereocenters. The van der Waals surface area contributed by atoms with E-state index in [2.05, 4.69) is 26.6 Å². The second kappa shape index (κ2) is 4.85. The van der Waals surface area contributed by atoms with E-state index in [1.54, 1.807) is 4.90 Å². The molecule has 1 aromatic carbocycles. The molecule has 0 radical (unpaired) electrons. The SMILES string of the molecule is O=C(Nc1ccc(N2CCNC2=O)c(Br)c1)C1CC1. The molecule has 0 aromatic heterocycles. The average molecular weight is 324 g/mol. The van der Waals surface area contributed by atoms with Crippen LogP contribution < -0.4 is 15.5 Å². The lowest BCUT2D eigenvalue weighted by atomic mass is 10.2. The van der Waals surface area contributed by atoms with Crippen molar-refractivity contribution in [1.29, 1.82) is 0 Å². The van der Waals surface area contributed by atoms with Crippen molar-refractivity contribution in [2.24, 2.45) is 5.92 Å². The van der Waals surface area contributed by atoms with Gasteiger partial charge in [0.25, 0.3) is 0 Å². The Hall–Kier alpha value is -1.56. The van der Waals surface area contributed by atoms with Gasteiger partial charge < -0.3 is 10.6 Å². The molecule has 2 aliphatic rings. The van der Waals surface area contributed by atoms with Gasteiger partial charge in [-0.2, -0.15) is 0 Å². The van der Waals surface area contributed by atoms with Gasteiger partial charge in [-0.15, -0.1) is 0 Å². The summed E-state index contributed by atoms with van der Waals surface area (Å²) in [6, 6.07) is 5.42. The Morgan fingerprint density at radius 1 is 1.42 bits per heavy atom. The second-order valence-corrected chi connectivity index (χ2v) is 5.67. The Kier molecular flexibility index (Phi) is 3.18. The summed E-state index contributed by atoms with van der Waals surface area (Å²) in [7, 11) is 0. The molecular weight excluding hydrogens is 310 g/mol. The Morgan fingerprint density at radius 3 is 2.79 bits per heavy atom. The first-order valence-electron chi connectivity index (χ1n) is 6.31. The maximum Gasteiger partial charge on any atom is 0.322 e. The number of anilines is 2. The number of nitrogens with one attached hydrogen (secondary N) is 2. The van der Waals surface area contributed by atoms with Gasteiger partial charge in [0, 0.05) is 29.2 Å². The van der Waals surface area contributed by atoms with E-state index >= 15 is 0 Å². The van der Waals surface area contributed by atoms with E-state index in [1.165, 1.54) is 0 Å². The van der Waals surface area contributed by atoms with Gasteiger partial charge in [0.2, 0.25) is 5.91 Å². The summed E-state index contributed by atoms with van der Waals surface area (Å²) < 4.78 is 0.804. The van der Waals surface area contributed by atoms with Crippen LogP contribution >= 0.6 is 15.9 Å². The fraction of sp³-hybridized carbons (Fsp3) is 0.385. The Bertz CT molecular complexity index is 543. The predicted octanol–water partition coefficient (Wildman–Crippen LogP) is 2.33. The predicted molar refractivity (Wildman–Crippen MR) is 76.2 cm³/mol. The standard InChI is InChI=1S/C13H14BrN3O2/c14-10-7-9(16-12(18)8-1-2-8)3-4-11(10)17-6-5-15-13(17)19/h3-4,7-8H,1-2,5-6H2,(H,15,19)(H,16,18). The van der Waals surface area contributed by atoms with E-state index in [0.29, 0.717) is 13.1 Å². The maximum absolute atomic E-state index is 11.7. The molecular formula is C13H14BrN3O2. The number of carbonyl (C=O) groups is 2. The molecule has 3 rings (SSSR count). The molecule has 2 fully saturated rings. The quantitative estimate of drug-likeness (QED) is 0.896. The smallest absolute Gasteiger partial charge is 0.322 e. The Labute approximate surface area is 119 Å². The fourth-order valence-electron chi connectivity index (χ4n) is 2.09. The van der Waals surface area contributed by atoms with Crippen LogP contribution in [0.5, 0.6) is 0 Å². The van der Waals surface area contributed by atoms with Crippen LogP contribution in [0.3, 0.4) is 0 Å². The number of rotatable bonds is 3. The molecule has 3 amide bonds. The summed E-state index contributed by atoms with van der Waals surface area (Å²) in [5.41, 5.74) is 1.58. The monoisotopic (exact) mass is 323 g/mol. The number of hydrogen-bond acceptors (Lipinski definition) is 2. The molecule has 1 aliphatic carbocycles. The van der Waals surface area contributed by atoms with Gasteiger partial charge in [-0.3, -0.25) is 9.69 Å². The number of urea groups is 1. The molecule has 1 saturated heterocycles. The summed E-state index contributed by atoms with van der Waals surface area (Å²) in [6.07, 6.45) is 1.97. The van der Waals surface area contributed by atoms with Crippen LogP contribution in [-0.2, 0) is 4.79 Å². The minimum Gasteiger partial charge on any atom is -0.336 e. The van der Waals surface area contributed by atoms with Crippen molar-refractivity contribution in [2.45, 2.75) is 12.8 Å². The van der Waals surface area contributed by atoms with Crippen molar-refractivity contribution in [3.63, 3.8) is 0 Å². The Morgan fingerprint density at radius 2 is 2.21 bits per heavy atom. The van der Waals surface area contributed by atoms with Crippen LogP contribution in [0.1, 0.15) is 12.8 Å². The number of amides is 3. The minimum atomic E-state index is -0.0875. The fourth-order valence-corrected chi connectivity index (χ4v) is 2.69. The molecule has 6 heteroatoms. The molecule has 0 atom stereocenters. The normalized spacial score (nSPS) is 18.4. The Balaban J connectivity index is 1.77. The largest absolute Gasteiger partial charge is 0.336 e. The number of benzene rings is 1. The highest BCUT2D eigenvalue weighted by Crippen LogP contribution is 2.33. The highest BCUT2D eigenvalue weighted by atomic mass is 79.9. The lowest BCUT2D eigenvalue weighted by Gasteiger charge is -2.17. The summed E-state index contributed by atoms with van der Waals surface area (Å²) in [5.74, 6) is 0.265. The summed E-state index contributed by atoms with van der Waals surface area (Å²) >= 11 is 3.45. The van der Waals surface area contributed by atoms with E-state index in [4.69, 9.17) is 0 Å². The van der Waals surface area contributed by atoms with Gasteiger partial charge in [-0.05, 0) is 47.0 Å². The van der Waals surface area contributed by atoms with Gasteiger partial charge in [0.1, 0.15) is 0 Å². The number of hydrogen-bond donors (Lipinski definition) is 2. The third-order valence-corrected chi connectivity index (χ3v) is 3.95. The van der Waals surface area contributed by atoms with Crippen LogP contribution in [0.4, 0.5) is 16.2 Å². The lowest BCUT2D eigenvalue weighted by Crippen LogP contribution is -2.28. The van der Waals surface area contributed by atoms with Crippen molar-refractivity contribution < 1.29 is 9.59 Å². The van der Waals surface area contributed by atoms with Crippen molar-refractivity contribution in [3.05, 3.63) is 22.7 Å². The molecule has 1 aromatic rings. The molecule has 5 nitrogen and oxygen atoms in total. The van der Waals surface area contributed by atoms with Crippen LogP contribution in [0.25, 0.3) is 0 Å². The minimum absolute atomic E-state index is 0.0820. The van der Waals surface area contributed by atoms with Gasteiger partial charge in [0.15, 0.2) is 0 Å². The van der Waals surface area contributed by atoms with E-state index in [1.807, 2.05) is 18.2 Å². The first kappa shape index (κ1) is 12.5.